The van der Waals surface area contributed by atoms with Gasteiger partial charge in [0.15, 0.2) is 0 Å². The number of carbonyl (C=O) groups is 2. The van der Waals surface area contributed by atoms with Crippen molar-refractivity contribution in [3.8, 4) is 0 Å². The van der Waals surface area contributed by atoms with Crippen LogP contribution in [-0.4, -0.2) is 26.3 Å². The van der Waals surface area contributed by atoms with E-state index < -0.39 is 10.0 Å². The molecule has 2 amide bonds. The first-order valence-electron chi connectivity index (χ1n) is 6.83. The Bertz CT molecular complexity index is 636. The second-order valence-corrected chi connectivity index (χ2v) is 6.76. The number of hydrogen-bond donors (Lipinski definition) is 1. The molecule has 0 aromatic heterocycles. The van der Waals surface area contributed by atoms with Crippen LogP contribution >= 0.6 is 0 Å². The maximum absolute atomic E-state index is 12.1. The van der Waals surface area contributed by atoms with E-state index >= 15 is 0 Å². The molecule has 1 saturated heterocycles. The Labute approximate surface area is 124 Å². The molecule has 1 N–H and O–H groups in total. The number of nitrogens with zero attached hydrogens (tertiary/aromatic N) is 1. The number of nitrogens with one attached hydrogen (secondary N) is 1. The Kier molecular flexibility index (Phi) is 4.43. The van der Waals surface area contributed by atoms with Gasteiger partial charge in [-0.25, -0.2) is 13.1 Å². The zero-order valence-electron chi connectivity index (χ0n) is 12.0. The third kappa shape index (κ3) is 3.30. The van der Waals surface area contributed by atoms with E-state index in [9.17, 15) is 18.0 Å². The van der Waals surface area contributed by atoms with Crippen molar-refractivity contribution in [3.63, 3.8) is 0 Å². The summed E-state index contributed by atoms with van der Waals surface area (Å²) in [7, 11) is -3.58. The van der Waals surface area contributed by atoms with Gasteiger partial charge in [-0.3, -0.25) is 14.5 Å². The van der Waals surface area contributed by atoms with Crippen LogP contribution in [0.15, 0.2) is 29.2 Å². The fraction of sp³-hybridized carbons (Fsp3) is 0.429. The minimum absolute atomic E-state index is 0.116. The quantitative estimate of drug-likeness (QED) is 0.834. The van der Waals surface area contributed by atoms with Gasteiger partial charge >= 0.3 is 0 Å². The molecule has 1 aromatic rings. The van der Waals surface area contributed by atoms with E-state index in [-0.39, 0.29) is 35.6 Å². The molecule has 0 radical (unpaired) electrons. The Morgan fingerprint density at radius 1 is 1.14 bits per heavy atom. The molecule has 1 aliphatic heterocycles. The lowest BCUT2D eigenvalue weighted by Crippen LogP contribution is -2.32. The molecule has 1 heterocycles. The van der Waals surface area contributed by atoms with Crippen LogP contribution in [-0.2, 0) is 19.6 Å². The van der Waals surface area contributed by atoms with Crippen LogP contribution in [0.1, 0.15) is 33.1 Å². The predicted octanol–water partition coefficient (Wildman–Crippen LogP) is 1.42. The topological polar surface area (TPSA) is 83.6 Å². The van der Waals surface area contributed by atoms with Crippen molar-refractivity contribution in [3.05, 3.63) is 24.3 Å². The lowest BCUT2D eigenvalue weighted by Gasteiger charge is -2.15. The van der Waals surface area contributed by atoms with Crippen LogP contribution in [0.5, 0.6) is 0 Å². The molecule has 1 aliphatic rings. The molecule has 21 heavy (non-hydrogen) atoms. The van der Waals surface area contributed by atoms with Gasteiger partial charge in [-0.1, -0.05) is 6.92 Å². The maximum Gasteiger partial charge on any atom is 0.240 e. The van der Waals surface area contributed by atoms with Crippen molar-refractivity contribution in [2.75, 3.05) is 4.90 Å². The molecule has 0 aliphatic carbocycles. The van der Waals surface area contributed by atoms with Gasteiger partial charge in [0.2, 0.25) is 21.8 Å². The molecule has 0 unspecified atom stereocenters. The molecule has 1 aromatic carbocycles. The van der Waals surface area contributed by atoms with E-state index in [1.807, 2.05) is 6.92 Å². The summed E-state index contributed by atoms with van der Waals surface area (Å²) in [4.78, 5) is 24.5. The molecule has 2 rings (SSSR count). The summed E-state index contributed by atoms with van der Waals surface area (Å²) < 4.78 is 26.8. The van der Waals surface area contributed by atoms with Gasteiger partial charge in [0, 0.05) is 18.9 Å². The summed E-state index contributed by atoms with van der Waals surface area (Å²) in [5.41, 5.74) is 0.407. The molecule has 0 bridgehead atoms. The number of carbonyl (C=O) groups excluding carboxylic acids is 2. The summed E-state index contributed by atoms with van der Waals surface area (Å²) in [6, 6.07) is 5.60. The number of anilines is 1. The van der Waals surface area contributed by atoms with Gasteiger partial charge in [-0.15, -0.1) is 0 Å². The predicted molar refractivity (Wildman–Crippen MR) is 78.2 cm³/mol. The average Bonchev–Trinajstić information content (AvgIpc) is 2.78. The highest BCUT2D eigenvalue weighted by molar-refractivity contribution is 7.89. The summed E-state index contributed by atoms with van der Waals surface area (Å²) >= 11 is 0. The number of hydrogen-bond acceptors (Lipinski definition) is 4. The Morgan fingerprint density at radius 2 is 1.67 bits per heavy atom. The van der Waals surface area contributed by atoms with E-state index in [2.05, 4.69) is 4.72 Å². The normalized spacial score (nSPS) is 17.3. The van der Waals surface area contributed by atoms with Crippen LogP contribution < -0.4 is 9.62 Å². The van der Waals surface area contributed by atoms with E-state index in [1.165, 1.54) is 24.3 Å². The molecule has 1 atom stereocenters. The first kappa shape index (κ1) is 15.7. The number of sulfonamides is 1. The highest BCUT2D eigenvalue weighted by atomic mass is 32.2. The highest BCUT2D eigenvalue weighted by Gasteiger charge is 2.30. The Balaban J connectivity index is 2.23. The van der Waals surface area contributed by atoms with Gasteiger partial charge in [0.25, 0.3) is 0 Å². The number of amides is 2. The lowest BCUT2D eigenvalue weighted by molar-refractivity contribution is -0.121. The third-order valence-electron chi connectivity index (χ3n) is 3.43. The first-order chi connectivity index (χ1) is 9.85. The van der Waals surface area contributed by atoms with Crippen molar-refractivity contribution in [1.29, 1.82) is 0 Å². The fourth-order valence-corrected chi connectivity index (χ4v) is 3.38. The van der Waals surface area contributed by atoms with Crippen molar-refractivity contribution in [1.82, 2.24) is 4.72 Å². The van der Waals surface area contributed by atoms with Crippen molar-refractivity contribution in [2.24, 2.45) is 0 Å². The number of rotatable bonds is 5. The Hall–Kier alpha value is -1.73. The van der Waals surface area contributed by atoms with Crippen LogP contribution in [0, 0.1) is 0 Å². The van der Waals surface area contributed by atoms with Crippen molar-refractivity contribution < 1.29 is 18.0 Å². The van der Waals surface area contributed by atoms with Crippen LogP contribution in [0.3, 0.4) is 0 Å². The van der Waals surface area contributed by atoms with Gasteiger partial charge < -0.3 is 0 Å². The van der Waals surface area contributed by atoms with Crippen LogP contribution in [0.25, 0.3) is 0 Å². The molecule has 1 fully saturated rings. The monoisotopic (exact) mass is 310 g/mol. The van der Waals surface area contributed by atoms with E-state index in [0.717, 1.165) is 4.90 Å². The summed E-state index contributed by atoms with van der Waals surface area (Å²) in [6.07, 6.45) is 1.09. The zero-order chi connectivity index (χ0) is 15.6. The molecule has 0 saturated carbocycles. The minimum Gasteiger partial charge on any atom is -0.274 e. The second-order valence-electron chi connectivity index (χ2n) is 5.05. The summed E-state index contributed by atoms with van der Waals surface area (Å²) in [5, 5.41) is 0. The zero-order valence-corrected chi connectivity index (χ0v) is 12.8. The number of benzene rings is 1. The summed E-state index contributed by atoms with van der Waals surface area (Å²) in [5.74, 6) is -0.512. The van der Waals surface area contributed by atoms with E-state index in [4.69, 9.17) is 0 Å². The minimum atomic E-state index is -3.58. The van der Waals surface area contributed by atoms with Crippen LogP contribution in [0.2, 0.25) is 0 Å². The largest absolute Gasteiger partial charge is 0.274 e. The van der Waals surface area contributed by atoms with Gasteiger partial charge in [0.05, 0.1) is 10.6 Å². The van der Waals surface area contributed by atoms with E-state index in [0.29, 0.717) is 12.1 Å². The van der Waals surface area contributed by atoms with Gasteiger partial charge in [-0.2, -0.15) is 0 Å². The van der Waals surface area contributed by atoms with Crippen molar-refractivity contribution >= 4 is 27.5 Å². The molecular formula is C14H18N2O4S. The first-order valence-corrected chi connectivity index (χ1v) is 8.31. The van der Waals surface area contributed by atoms with Gasteiger partial charge in [0.1, 0.15) is 0 Å². The smallest absolute Gasteiger partial charge is 0.240 e. The van der Waals surface area contributed by atoms with Crippen LogP contribution in [0.4, 0.5) is 5.69 Å². The number of imide groups is 1. The molecule has 0 spiro atoms. The SMILES string of the molecule is CC[C@H](C)NS(=O)(=O)c1ccc(N2C(=O)CCC2=O)cc1. The lowest BCUT2D eigenvalue weighted by atomic mass is 10.3. The third-order valence-corrected chi connectivity index (χ3v) is 5.03. The van der Waals surface area contributed by atoms with Crippen molar-refractivity contribution in [2.45, 2.75) is 44.0 Å². The van der Waals surface area contributed by atoms with E-state index in [1.54, 1.807) is 6.92 Å². The highest BCUT2D eigenvalue weighted by Crippen LogP contribution is 2.24. The second kappa shape index (κ2) is 5.95. The summed E-state index contributed by atoms with van der Waals surface area (Å²) in [6.45, 7) is 3.67. The maximum atomic E-state index is 12.1. The fourth-order valence-electron chi connectivity index (χ4n) is 2.06. The molecule has 114 valence electrons. The van der Waals surface area contributed by atoms with Gasteiger partial charge in [-0.05, 0) is 37.6 Å². The average molecular weight is 310 g/mol. The molecule has 6 nitrogen and oxygen atoms in total. The Morgan fingerprint density at radius 3 is 2.14 bits per heavy atom. The standard InChI is InChI=1S/C14H18N2O4S/c1-3-10(2)15-21(19,20)12-6-4-11(5-7-12)16-13(17)8-9-14(16)18/h4-7,10,15H,3,8-9H2,1-2H3/t10-/m0/s1. The molecule has 7 heteroatoms. The molecular weight excluding hydrogens is 292 g/mol.